The smallest absolute Gasteiger partial charge is 0.175 e. The van der Waals surface area contributed by atoms with Crippen LogP contribution in [0.1, 0.15) is 11.1 Å². The third kappa shape index (κ3) is 1.34. The lowest BCUT2D eigenvalue weighted by Gasteiger charge is -2.20. The molecule has 1 heterocycles. The molecule has 72 valence electrons. The number of benzene rings is 1. The van der Waals surface area contributed by atoms with Crippen LogP contribution in [-0.2, 0) is 0 Å². The summed E-state index contributed by atoms with van der Waals surface area (Å²) in [4.78, 5) is 0. The number of ether oxygens (including phenoxy) is 2. The number of hydrogen-bond donors (Lipinski definition) is 0. The molecule has 1 aromatic rings. The van der Waals surface area contributed by atoms with Crippen LogP contribution in [0.2, 0.25) is 0 Å². The highest BCUT2D eigenvalue weighted by molar-refractivity contribution is 9.10. The van der Waals surface area contributed by atoms with Gasteiger partial charge in [0.15, 0.2) is 11.5 Å². The summed E-state index contributed by atoms with van der Waals surface area (Å²) in [7, 11) is 0. The van der Waals surface area contributed by atoms with E-state index < -0.39 is 0 Å². The van der Waals surface area contributed by atoms with E-state index in [0.717, 1.165) is 10.0 Å². The molecule has 4 heteroatoms. The molecule has 0 amide bonds. The van der Waals surface area contributed by atoms with Crippen LogP contribution in [0.5, 0.6) is 11.5 Å². The van der Waals surface area contributed by atoms with E-state index in [-0.39, 0.29) is 0 Å². The molecule has 0 atom stereocenters. The Labute approximate surface area is 90.4 Å². The predicted octanol–water partition coefficient (Wildman–Crippen LogP) is 2.40. The molecule has 0 fully saturated rings. The summed E-state index contributed by atoms with van der Waals surface area (Å²) in [5, 5.41) is 8.88. The average molecular weight is 254 g/mol. The summed E-state index contributed by atoms with van der Waals surface area (Å²) in [6, 6.07) is 3.84. The van der Waals surface area contributed by atoms with Gasteiger partial charge in [0.25, 0.3) is 0 Å². The van der Waals surface area contributed by atoms with Gasteiger partial charge in [0.2, 0.25) is 0 Å². The Morgan fingerprint density at radius 1 is 1.43 bits per heavy atom. The van der Waals surface area contributed by atoms with Crippen molar-refractivity contribution >= 4 is 15.9 Å². The molecule has 1 aliphatic heterocycles. The summed E-state index contributed by atoms with van der Waals surface area (Å²) < 4.78 is 11.7. The molecular formula is C10H8BrNO2. The van der Waals surface area contributed by atoms with E-state index in [9.17, 15) is 0 Å². The lowest BCUT2D eigenvalue weighted by Crippen LogP contribution is -2.16. The van der Waals surface area contributed by atoms with Crippen LogP contribution in [0.4, 0.5) is 0 Å². The minimum Gasteiger partial charge on any atom is -0.486 e. The van der Waals surface area contributed by atoms with Crippen molar-refractivity contribution in [3.63, 3.8) is 0 Å². The van der Waals surface area contributed by atoms with Crippen molar-refractivity contribution in [1.29, 1.82) is 5.26 Å². The maximum atomic E-state index is 8.88. The Bertz CT molecular complexity index is 423. The first-order valence-corrected chi connectivity index (χ1v) is 5.02. The van der Waals surface area contributed by atoms with Crippen molar-refractivity contribution in [2.75, 3.05) is 13.2 Å². The number of nitrogens with zero attached hydrogens (tertiary/aromatic N) is 1. The van der Waals surface area contributed by atoms with E-state index in [0.29, 0.717) is 30.3 Å². The highest BCUT2D eigenvalue weighted by atomic mass is 79.9. The molecule has 3 nitrogen and oxygen atoms in total. The Morgan fingerprint density at radius 2 is 2.14 bits per heavy atom. The Kier molecular flexibility index (Phi) is 2.34. The summed E-state index contributed by atoms with van der Waals surface area (Å²) in [5.74, 6) is 1.35. The van der Waals surface area contributed by atoms with E-state index in [1.807, 2.05) is 6.92 Å². The maximum absolute atomic E-state index is 8.88. The Morgan fingerprint density at radius 3 is 2.86 bits per heavy atom. The molecule has 0 spiro atoms. The average Bonchev–Trinajstić information content (AvgIpc) is 2.23. The monoisotopic (exact) mass is 253 g/mol. The molecule has 0 unspecified atom stereocenters. The first-order valence-electron chi connectivity index (χ1n) is 4.23. The normalized spacial score (nSPS) is 13.5. The van der Waals surface area contributed by atoms with Crippen molar-refractivity contribution in [2.45, 2.75) is 6.92 Å². The third-order valence-electron chi connectivity index (χ3n) is 2.14. The topological polar surface area (TPSA) is 42.2 Å². The molecule has 14 heavy (non-hydrogen) atoms. The second-order valence-corrected chi connectivity index (χ2v) is 3.79. The van der Waals surface area contributed by atoms with Gasteiger partial charge in [-0.05, 0) is 28.4 Å². The largest absolute Gasteiger partial charge is 0.486 e. The minimum absolute atomic E-state index is 0.535. The van der Waals surface area contributed by atoms with Crippen molar-refractivity contribution < 1.29 is 9.47 Å². The van der Waals surface area contributed by atoms with Crippen LogP contribution in [0.3, 0.4) is 0 Å². The Hall–Kier alpha value is -1.21. The van der Waals surface area contributed by atoms with Gasteiger partial charge in [-0.1, -0.05) is 0 Å². The number of hydrogen-bond acceptors (Lipinski definition) is 3. The first-order chi connectivity index (χ1) is 6.74. The molecule has 0 saturated carbocycles. The zero-order valence-corrected chi connectivity index (χ0v) is 9.22. The van der Waals surface area contributed by atoms with Crippen molar-refractivity contribution in [1.82, 2.24) is 0 Å². The third-order valence-corrected chi connectivity index (χ3v) is 3.09. The van der Waals surface area contributed by atoms with Gasteiger partial charge in [-0.3, -0.25) is 0 Å². The van der Waals surface area contributed by atoms with Gasteiger partial charge in [0.05, 0.1) is 16.1 Å². The SMILES string of the molecule is Cc1c(C#N)cc2c(c1Br)OCCO2. The number of halogens is 1. The maximum Gasteiger partial charge on any atom is 0.175 e. The lowest BCUT2D eigenvalue weighted by atomic mass is 10.1. The van der Waals surface area contributed by atoms with Gasteiger partial charge < -0.3 is 9.47 Å². The molecule has 0 radical (unpaired) electrons. The van der Waals surface area contributed by atoms with Crippen LogP contribution in [-0.4, -0.2) is 13.2 Å². The van der Waals surface area contributed by atoms with E-state index in [1.54, 1.807) is 6.07 Å². The van der Waals surface area contributed by atoms with Crippen LogP contribution in [0.15, 0.2) is 10.5 Å². The first kappa shape index (κ1) is 9.35. The quantitative estimate of drug-likeness (QED) is 0.713. The zero-order valence-electron chi connectivity index (χ0n) is 7.63. The summed E-state index contributed by atoms with van der Waals surface area (Å²) in [6.45, 7) is 2.96. The van der Waals surface area contributed by atoms with E-state index in [2.05, 4.69) is 22.0 Å². The fourth-order valence-electron chi connectivity index (χ4n) is 1.35. The standard InChI is InChI=1S/C10H8BrNO2/c1-6-7(5-12)4-8-10(9(6)11)14-3-2-13-8/h4H,2-3H2,1H3. The fourth-order valence-corrected chi connectivity index (χ4v) is 1.88. The van der Waals surface area contributed by atoms with Gasteiger partial charge in [0.1, 0.15) is 13.2 Å². The summed E-state index contributed by atoms with van der Waals surface area (Å²) >= 11 is 3.40. The van der Waals surface area contributed by atoms with E-state index >= 15 is 0 Å². The second-order valence-electron chi connectivity index (χ2n) is 3.00. The van der Waals surface area contributed by atoms with Crippen LogP contribution in [0, 0.1) is 18.3 Å². The van der Waals surface area contributed by atoms with Crippen LogP contribution >= 0.6 is 15.9 Å². The molecule has 1 aliphatic rings. The van der Waals surface area contributed by atoms with Gasteiger partial charge in [-0.2, -0.15) is 5.26 Å². The van der Waals surface area contributed by atoms with Gasteiger partial charge in [-0.15, -0.1) is 0 Å². The molecular weight excluding hydrogens is 246 g/mol. The Balaban J connectivity index is 2.64. The van der Waals surface area contributed by atoms with Crippen LogP contribution in [0.25, 0.3) is 0 Å². The number of rotatable bonds is 0. The highest BCUT2D eigenvalue weighted by Crippen LogP contribution is 2.40. The number of nitriles is 1. The molecule has 0 bridgehead atoms. The van der Waals surface area contributed by atoms with Crippen molar-refractivity contribution in [3.8, 4) is 17.6 Å². The van der Waals surface area contributed by atoms with Gasteiger partial charge in [0, 0.05) is 6.07 Å². The minimum atomic E-state index is 0.535. The zero-order chi connectivity index (χ0) is 10.1. The van der Waals surface area contributed by atoms with Crippen LogP contribution < -0.4 is 9.47 Å². The van der Waals surface area contributed by atoms with E-state index in [4.69, 9.17) is 14.7 Å². The van der Waals surface area contributed by atoms with Gasteiger partial charge >= 0.3 is 0 Å². The highest BCUT2D eigenvalue weighted by Gasteiger charge is 2.19. The molecule has 0 N–H and O–H groups in total. The summed E-state index contributed by atoms with van der Waals surface area (Å²) in [6.07, 6.45) is 0. The molecule has 0 aliphatic carbocycles. The second kappa shape index (κ2) is 3.50. The summed E-state index contributed by atoms with van der Waals surface area (Å²) in [5.41, 5.74) is 1.50. The van der Waals surface area contributed by atoms with Crippen molar-refractivity contribution in [3.05, 3.63) is 21.7 Å². The predicted molar refractivity (Wildman–Crippen MR) is 54.6 cm³/mol. The van der Waals surface area contributed by atoms with Gasteiger partial charge in [-0.25, -0.2) is 0 Å². The molecule has 1 aromatic carbocycles. The molecule has 0 saturated heterocycles. The lowest BCUT2D eigenvalue weighted by molar-refractivity contribution is 0.170. The van der Waals surface area contributed by atoms with E-state index in [1.165, 1.54) is 0 Å². The molecule has 0 aromatic heterocycles. The van der Waals surface area contributed by atoms with Crippen molar-refractivity contribution in [2.24, 2.45) is 0 Å². The number of fused-ring (bicyclic) bond motifs is 1. The molecule has 2 rings (SSSR count). The fraction of sp³-hybridized carbons (Fsp3) is 0.300.